The van der Waals surface area contributed by atoms with E-state index in [9.17, 15) is 9.59 Å². The van der Waals surface area contributed by atoms with Gasteiger partial charge >= 0.3 is 12.2 Å². The predicted molar refractivity (Wildman–Crippen MR) is 76.4 cm³/mol. The fourth-order valence-electron chi connectivity index (χ4n) is 0.668. The van der Waals surface area contributed by atoms with E-state index in [0.29, 0.717) is 0 Å². The first kappa shape index (κ1) is 20.8. The van der Waals surface area contributed by atoms with Crippen molar-refractivity contribution in [3.05, 3.63) is 0 Å². The molecule has 120 valence electrons. The van der Waals surface area contributed by atoms with Gasteiger partial charge in [-0.3, -0.25) is 0 Å². The van der Waals surface area contributed by atoms with Crippen molar-refractivity contribution in [1.82, 2.24) is 10.0 Å². The van der Waals surface area contributed by atoms with E-state index in [-0.39, 0.29) is 0 Å². The van der Waals surface area contributed by atoms with Crippen LogP contribution in [0.5, 0.6) is 0 Å². The fraction of sp³-hybridized carbons (Fsp3) is 0.833. The van der Waals surface area contributed by atoms with Crippen LogP contribution >= 0.6 is 0 Å². The molecule has 0 saturated heterocycles. The third-order valence-electron chi connectivity index (χ3n) is 1.36. The van der Waals surface area contributed by atoms with E-state index in [1.807, 2.05) is 0 Å². The zero-order chi connectivity index (χ0) is 16.7. The van der Waals surface area contributed by atoms with Gasteiger partial charge in [0, 0.05) is 14.1 Å². The number of rotatable bonds is 0. The Bertz CT molecular complexity index is 284. The van der Waals surface area contributed by atoms with Gasteiger partial charge in [-0.15, -0.1) is 0 Å². The van der Waals surface area contributed by atoms with E-state index >= 15 is 0 Å². The number of nitrogens with zero attached hydrogens (tertiary/aromatic N) is 2. The monoisotopic (exact) mass is 292 g/mol. The third kappa shape index (κ3) is 14.5. The molecule has 0 saturated carbocycles. The number of carbonyl (C=O) groups is 2. The van der Waals surface area contributed by atoms with Crippen molar-refractivity contribution in [1.29, 1.82) is 0 Å². The highest BCUT2D eigenvalue weighted by molar-refractivity contribution is 5.67. The van der Waals surface area contributed by atoms with Crippen molar-refractivity contribution >= 4 is 12.2 Å². The lowest BCUT2D eigenvalue weighted by Gasteiger charge is -2.21. The number of amides is 2. The highest BCUT2D eigenvalue weighted by Crippen LogP contribution is 2.07. The van der Waals surface area contributed by atoms with Crippen LogP contribution in [0.4, 0.5) is 9.59 Å². The van der Waals surface area contributed by atoms with Gasteiger partial charge in [0.1, 0.15) is 11.2 Å². The van der Waals surface area contributed by atoms with E-state index in [1.54, 1.807) is 41.5 Å². The van der Waals surface area contributed by atoms with Crippen LogP contribution in [0.3, 0.4) is 0 Å². The molecule has 0 unspecified atom stereocenters. The summed E-state index contributed by atoms with van der Waals surface area (Å²) in [4.78, 5) is 21.5. The fourth-order valence-corrected chi connectivity index (χ4v) is 0.668. The van der Waals surface area contributed by atoms with Crippen LogP contribution in [0.25, 0.3) is 0 Å². The molecule has 2 amide bonds. The van der Waals surface area contributed by atoms with Gasteiger partial charge in [0.15, 0.2) is 0 Å². The van der Waals surface area contributed by atoms with Gasteiger partial charge in [-0.25, -0.2) is 31.3 Å². The maximum Gasteiger partial charge on any atom is 0.424 e. The molecule has 8 nitrogen and oxygen atoms in total. The molecule has 0 bridgehead atoms. The van der Waals surface area contributed by atoms with Crippen molar-refractivity contribution in [3.63, 3.8) is 0 Å². The molecule has 4 N–H and O–H groups in total. The van der Waals surface area contributed by atoms with E-state index in [2.05, 4.69) is 0 Å². The quantitative estimate of drug-likeness (QED) is 0.397. The standard InChI is InChI=1S/2C6H14N2O2/c2*1-6(2,3)10-5(9)8(4)7/h2*7H2,1-4H3. The van der Waals surface area contributed by atoms with Crippen LogP contribution in [-0.4, -0.2) is 47.5 Å². The Balaban J connectivity index is 0. The number of ether oxygens (including phenoxy) is 2. The van der Waals surface area contributed by atoms with E-state index < -0.39 is 23.4 Å². The number of nitrogens with two attached hydrogens (primary N) is 2. The molecule has 0 heterocycles. The van der Waals surface area contributed by atoms with Gasteiger partial charge in [0.05, 0.1) is 0 Å². The van der Waals surface area contributed by atoms with Crippen molar-refractivity contribution in [2.75, 3.05) is 14.1 Å². The van der Waals surface area contributed by atoms with Gasteiger partial charge in [-0.05, 0) is 41.5 Å². The topological polar surface area (TPSA) is 111 Å². The lowest BCUT2D eigenvalue weighted by atomic mass is 10.2. The molecule has 8 heteroatoms. The first-order chi connectivity index (χ1) is 8.65. The zero-order valence-corrected chi connectivity index (χ0v) is 13.7. The first-order valence-electron chi connectivity index (χ1n) is 6.08. The molecule has 0 aliphatic heterocycles. The molecule has 0 spiro atoms. The Morgan fingerprint density at radius 3 is 1.00 bits per heavy atom. The molecule has 0 atom stereocenters. The van der Waals surface area contributed by atoms with Crippen LogP contribution < -0.4 is 11.7 Å². The molecule has 0 rings (SSSR count). The van der Waals surface area contributed by atoms with Crippen molar-refractivity contribution in [2.45, 2.75) is 52.7 Å². The van der Waals surface area contributed by atoms with Crippen LogP contribution in [-0.2, 0) is 9.47 Å². The molecular formula is C12H28N4O4. The smallest absolute Gasteiger partial charge is 0.424 e. The van der Waals surface area contributed by atoms with Gasteiger partial charge in [-0.1, -0.05) is 0 Å². The molecule has 0 aromatic carbocycles. The zero-order valence-electron chi connectivity index (χ0n) is 13.7. The Kier molecular flexibility index (Phi) is 8.21. The average Bonchev–Trinajstić information content (AvgIpc) is 2.12. The summed E-state index contributed by atoms with van der Waals surface area (Å²) < 4.78 is 9.72. The Hall–Kier alpha value is -1.54. The summed E-state index contributed by atoms with van der Waals surface area (Å²) in [5.74, 6) is 10.2. The highest BCUT2D eigenvalue weighted by atomic mass is 16.6. The van der Waals surface area contributed by atoms with Crippen LogP contribution in [0.15, 0.2) is 0 Å². The minimum Gasteiger partial charge on any atom is -0.443 e. The predicted octanol–water partition coefficient (Wildman–Crippen LogP) is 1.45. The van der Waals surface area contributed by atoms with Crippen molar-refractivity contribution in [2.24, 2.45) is 11.7 Å². The summed E-state index contributed by atoms with van der Waals surface area (Å²) in [7, 11) is 2.88. The molecule has 0 aliphatic rings. The second-order valence-electron chi connectivity index (χ2n) is 6.18. The Morgan fingerprint density at radius 1 is 0.750 bits per heavy atom. The van der Waals surface area contributed by atoms with E-state index in [4.69, 9.17) is 21.2 Å². The summed E-state index contributed by atoms with van der Waals surface area (Å²) in [5.41, 5.74) is -0.935. The molecule has 20 heavy (non-hydrogen) atoms. The lowest BCUT2D eigenvalue weighted by molar-refractivity contribution is 0.0287. The normalized spacial score (nSPS) is 10.9. The van der Waals surface area contributed by atoms with E-state index in [1.165, 1.54) is 14.1 Å². The molecule has 0 fully saturated rings. The summed E-state index contributed by atoms with van der Waals surface area (Å²) in [6, 6.07) is 0. The van der Waals surface area contributed by atoms with Crippen molar-refractivity contribution in [3.8, 4) is 0 Å². The molecule has 0 radical (unpaired) electrons. The SMILES string of the molecule is CN(N)C(=O)OC(C)(C)C.CN(N)C(=O)OC(C)(C)C. The van der Waals surface area contributed by atoms with Crippen LogP contribution in [0.2, 0.25) is 0 Å². The largest absolute Gasteiger partial charge is 0.443 e. The molecule has 0 aromatic rings. The number of hydrogen-bond donors (Lipinski definition) is 2. The van der Waals surface area contributed by atoms with Gasteiger partial charge in [-0.2, -0.15) is 0 Å². The summed E-state index contributed by atoms with van der Waals surface area (Å²) in [6.45, 7) is 10.7. The van der Waals surface area contributed by atoms with Crippen molar-refractivity contribution < 1.29 is 19.1 Å². The number of carbonyl (C=O) groups excluding carboxylic acids is 2. The minimum absolute atomic E-state index is 0.468. The molecule has 0 aromatic heterocycles. The highest BCUT2D eigenvalue weighted by Gasteiger charge is 2.18. The van der Waals surface area contributed by atoms with Gasteiger partial charge in [0.2, 0.25) is 0 Å². The minimum atomic E-state index is -0.521. The Morgan fingerprint density at radius 2 is 0.950 bits per heavy atom. The number of hydrazine groups is 2. The van der Waals surface area contributed by atoms with Crippen LogP contribution in [0.1, 0.15) is 41.5 Å². The van der Waals surface area contributed by atoms with Gasteiger partial charge < -0.3 is 9.47 Å². The third-order valence-corrected chi connectivity index (χ3v) is 1.36. The first-order valence-corrected chi connectivity index (χ1v) is 6.08. The lowest BCUT2D eigenvalue weighted by Crippen LogP contribution is -2.38. The summed E-state index contributed by atoms with van der Waals surface area (Å²) >= 11 is 0. The summed E-state index contributed by atoms with van der Waals surface area (Å²) in [6.07, 6.45) is -1.04. The Labute approximate surface area is 120 Å². The second-order valence-corrected chi connectivity index (χ2v) is 6.18. The van der Waals surface area contributed by atoms with E-state index in [0.717, 1.165) is 10.0 Å². The molecular weight excluding hydrogens is 264 g/mol. The maximum absolute atomic E-state index is 10.7. The maximum atomic E-state index is 10.7. The summed E-state index contributed by atoms with van der Waals surface area (Å²) in [5, 5.41) is 1.82. The second kappa shape index (κ2) is 7.91. The van der Waals surface area contributed by atoms with Gasteiger partial charge in [0.25, 0.3) is 0 Å². The average molecular weight is 292 g/mol. The number of hydrogen-bond acceptors (Lipinski definition) is 6. The molecule has 0 aliphatic carbocycles. The van der Waals surface area contributed by atoms with Crippen LogP contribution in [0, 0.1) is 0 Å².